The third-order valence-corrected chi connectivity index (χ3v) is 3.90. The van der Waals surface area contributed by atoms with E-state index in [2.05, 4.69) is 41.9 Å². The molecular weight excluding hydrogens is 305 g/mol. The van der Waals surface area contributed by atoms with Crippen molar-refractivity contribution in [2.45, 2.75) is 26.3 Å². The largest absolute Gasteiger partial charge is 0.324 e. The van der Waals surface area contributed by atoms with Crippen molar-refractivity contribution in [2.24, 2.45) is 5.73 Å². The number of hydrogen-bond donors (Lipinski definition) is 1. The van der Waals surface area contributed by atoms with Crippen molar-refractivity contribution in [1.29, 1.82) is 0 Å². The van der Waals surface area contributed by atoms with Gasteiger partial charge in [0.15, 0.2) is 0 Å². The number of aryl methyl sites for hydroxylation is 2. The van der Waals surface area contributed by atoms with Crippen LogP contribution < -0.4 is 5.73 Å². The zero-order valence-corrected chi connectivity index (χ0v) is 12.7. The molecule has 100 valence electrons. The average molecular weight is 322 g/mol. The summed E-state index contributed by atoms with van der Waals surface area (Å²) in [7, 11) is 0. The molecule has 19 heavy (non-hydrogen) atoms. The topological polar surface area (TPSA) is 26.0 Å². The molecule has 0 aromatic heterocycles. The predicted molar refractivity (Wildman–Crippen MR) is 80.6 cm³/mol. The lowest BCUT2D eigenvalue weighted by atomic mass is 9.96. The minimum Gasteiger partial charge on any atom is -0.324 e. The molecule has 2 aromatic rings. The van der Waals surface area contributed by atoms with Crippen molar-refractivity contribution in [3.8, 4) is 0 Å². The van der Waals surface area contributed by atoms with Crippen LogP contribution in [-0.4, -0.2) is 0 Å². The van der Waals surface area contributed by atoms with E-state index in [9.17, 15) is 4.39 Å². The molecule has 2 rings (SSSR count). The summed E-state index contributed by atoms with van der Waals surface area (Å²) in [6.07, 6.45) is 0.494. The summed E-state index contributed by atoms with van der Waals surface area (Å²) < 4.78 is 14.6. The van der Waals surface area contributed by atoms with Crippen LogP contribution in [0.15, 0.2) is 40.9 Å². The first kappa shape index (κ1) is 14.2. The van der Waals surface area contributed by atoms with Gasteiger partial charge in [0.25, 0.3) is 0 Å². The van der Waals surface area contributed by atoms with Crippen LogP contribution in [0.5, 0.6) is 0 Å². The predicted octanol–water partition coefficient (Wildman–Crippen LogP) is 4.45. The minimum atomic E-state index is -0.206. The zero-order valence-electron chi connectivity index (χ0n) is 11.1. The van der Waals surface area contributed by atoms with E-state index in [1.165, 1.54) is 17.2 Å². The van der Waals surface area contributed by atoms with E-state index < -0.39 is 0 Å². The summed E-state index contributed by atoms with van der Waals surface area (Å²) in [5, 5.41) is 0. The van der Waals surface area contributed by atoms with E-state index in [0.29, 0.717) is 12.0 Å². The van der Waals surface area contributed by atoms with Gasteiger partial charge in [0.05, 0.1) is 0 Å². The van der Waals surface area contributed by atoms with Crippen LogP contribution >= 0.6 is 15.9 Å². The van der Waals surface area contributed by atoms with Gasteiger partial charge in [-0.25, -0.2) is 4.39 Å². The maximum Gasteiger partial charge on any atom is 0.126 e. The molecule has 3 heteroatoms. The van der Waals surface area contributed by atoms with Gasteiger partial charge in [-0.1, -0.05) is 34.1 Å². The molecular formula is C16H17BrFN. The first-order valence-electron chi connectivity index (χ1n) is 6.24. The Bertz CT molecular complexity index is 595. The second kappa shape index (κ2) is 5.85. The zero-order chi connectivity index (χ0) is 14.0. The van der Waals surface area contributed by atoms with Crippen molar-refractivity contribution in [1.82, 2.24) is 0 Å². The van der Waals surface area contributed by atoms with Crippen molar-refractivity contribution < 1.29 is 4.39 Å². The summed E-state index contributed by atoms with van der Waals surface area (Å²) >= 11 is 3.36. The first-order chi connectivity index (χ1) is 8.97. The van der Waals surface area contributed by atoms with E-state index in [4.69, 9.17) is 5.73 Å². The highest BCUT2D eigenvalue weighted by Gasteiger charge is 2.11. The van der Waals surface area contributed by atoms with Gasteiger partial charge in [0.1, 0.15) is 5.82 Å². The fraction of sp³-hybridized carbons (Fsp3) is 0.250. The van der Waals surface area contributed by atoms with Gasteiger partial charge in [-0.15, -0.1) is 0 Å². The summed E-state index contributed by atoms with van der Waals surface area (Å²) in [5.41, 5.74) is 10.3. The van der Waals surface area contributed by atoms with Crippen molar-refractivity contribution >= 4 is 15.9 Å². The van der Waals surface area contributed by atoms with Gasteiger partial charge in [-0.3, -0.25) is 0 Å². The quantitative estimate of drug-likeness (QED) is 0.888. The summed E-state index contributed by atoms with van der Waals surface area (Å²) in [6.45, 7) is 4.13. The smallest absolute Gasteiger partial charge is 0.126 e. The van der Waals surface area contributed by atoms with Crippen molar-refractivity contribution in [2.75, 3.05) is 0 Å². The Hall–Kier alpha value is -1.19. The summed E-state index contributed by atoms with van der Waals surface area (Å²) in [5.74, 6) is -0.206. The van der Waals surface area contributed by atoms with Crippen LogP contribution in [0.4, 0.5) is 4.39 Å². The summed E-state index contributed by atoms with van der Waals surface area (Å²) in [4.78, 5) is 0. The Labute approximate surface area is 121 Å². The number of nitrogens with two attached hydrogens (primary N) is 1. The van der Waals surface area contributed by atoms with Gasteiger partial charge in [0, 0.05) is 10.5 Å². The highest BCUT2D eigenvalue weighted by Crippen LogP contribution is 2.22. The molecule has 1 unspecified atom stereocenters. The monoisotopic (exact) mass is 321 g/mol. The molecule has 0 saturated heterocycles. The lowest BCUT2D eigenvalue weighted by Gasteiger charge is -2.14. The number of rotatable bonds is 3. The third-order valence-electron chi connectivity index (χ3n) is 3.41. The molecule has 2 aromatic carbocycles. The summed E-state index contributed by atoms with van der Waals surface area (Å²) in [6, 6.07) is 10.9. The van der Waals surface area contributed by atoms with Gasteiger partial charge in [-0.2, -0.15) is 0 Å². The third kappa shape index (κ3) is 3.43. The molecule has 0 aliphatic carbocycles. The van der Waals surface area contributed by atoms with Crippen molar-refractivity contribution in [3.05, 3.63) is 68.9 Å². The molecule has 0 amide bonds. The second-order valence-corrected chi connectivity index (χ2v) is 5.81. The SMILES string of the molecule is Cc1ccc(C(N)Cc2cc(Br)ccc2F)cc1C. The maximum atomic E-state index is 13.7. The highest BCUT2D eigenvalue weighted by atomic mass is 79.9. The standard InChI is InChI=1S/C16H17BrFN/c1-10-3-4-12(7-11(10)2)16(19)9-13-8-14(17)5-6-15(13)18/h3-8,16H,9,19H2,1-2H3. The fourth-order valence-corrected chi connectivity index (χ4v) is 2.46. The Balaban J connectivity index is 2.22. The van der Waals surface area contributed by atoms with Crippen molar-refractivity contribution in [3.63, 3.8) is 0 Å². The second-order valence-electron chi connectivity index (χ2n) is 4.89. The Kier molecular flexibility index (Phi) is 4.38. The van der Waals surface area contributed by atoms with Gasteiger partial charge in [-0.05, 0) is 60.7 Å². The minimum absolute atomic E-state index is 0.192. The molecule has 0 saturated carbocycles. The van der Waals surface area contributed by atoms with Crippen LogP contribution in [-0.2, 0) is 6.42 Å². The number of halogens is 2. The van der Waals surface area contributed by atoms with E-state index in [-0.39, 0.29) is 11.9 Å². The van der Waals surface area contributed by atoms with E-state index in [1.807, 2.05) is 6.07 Å². The lowest BCUT2D eigenvalue weighted by Crippen LogP contribution is -2.14. The molecule has 1 nitrogen and oxygen atoms in total. The highest BCUT2D eigenvalue weighted by molar-refractivity contribution is 9.10. The van der Waals surface area contributed by atoms with E-state index in [1.54, 1.807) is 12.1 Å². The van der Waals surface area contributed by atoms with Crippen LogP contribution in [0.3, 0.4) is 0 Å². The van der Waals surface area contributed by atoms with Crippen LogP contribution in [0.1, 0.15) is 28.3 Å². The maximum absolute atomic E-state index is 13.7. The number of hydrogen-bond acceptors (Lipinski definition) is 1. The molecule has 0 radical (unpaired) electrons. The molecule has 2 N–H and O–H groups in total. The molecule has 1 atom stereocenters. The normalized spacial score (nSPS) is 12.5. The Morgan fingerprint density at radius 2 is 1.84 bits per heavy atom. The number of benzene rings is 2. The average Bonchev–Trinajstić information content (AvgIpc) is 2.37. The van der Waals surface area contributed by atoms with Gasteiger partial charge in [0.2, 0.25) is 0 Å². The lowest BCUT2D eigenvalue weighted by molar-refractivity contribution is 0.593. The first-order valence-corrected chi connectivity index (χ1v) is 7.03. The molecule has 0 aliphatic rings. The Morgan fingerprint density at radius 1 is 1.11 bits per heavy atom. The molecule has 0 fully saturated rings. The fourth-order valence-electron chi connectivity index (χ4n) is 2.05. The van der Waals surface area contributed by atoms with Crippen LogP contribution in [0, 0.1) is 19.7 Å². The molecule has 0 heterocycles. The van der Waals surface area contributed by atoms with E-state index >= 15 is 0 Å². The molecule has 0 aliphatic heterocycles. The van der Waals surface area contributed by atoms with Crippen LogP contribution in [0.25, 0.3) is 0 Å². The van der Waals surface area contributed by atoms with Gasteiger partial charge >= 0.3 is 0 Å². The molecule has 0 bridgehead atoms. The van der Waals surface area contributed by atoms with Crippen LogP contribution in [0.2, 0.25) is 0 Å². The van der Waals surface area contributed by atoms with E-state index in [0.717, 1.165) is 10.0 Å². The Morgan fingerprint density at radius 3 is 2.53 bits per heavy atom. The molecule has 0 spiro atoms. The van der Waals surface area contributed by atoms with Gasteiger partial charge < -0.3 is 5.73 Å².